The Morgan fingerprint density at radius 3 is 2.33 bits per heavy atom. The maximum Gasteiger partial charge on any atom is 0.301 e. The molecule has 0 spiro atoms. The number of carbonyl (C=O) groups is 2. The number of ketones is 1. The highest BCUT2D eigenvalue weighted by molar-refractivity contribution is 8.00. The monoisotopic (exact) mass is 683 g/mol. The predicted octanol–water partition coefficient (Wildman–Crippen LogP) is 7.50. The van der Waals surface area contributed by atoms with Crippen molar-refractivity contribution in [2.24, 2.45) is 0 Å². The van der Waals surface area contributed by atoms with E-state index in [1.165, 1.54) is 36.9 Å². The first-order valence-corrected chi connectivity index (χ1v) is 16.6. The number of aliphatic hydroxyl groups excluding tert-OH is 1. The van der Waals surface area contributed by atoms with Crippen LogP contribution in [0.25, 0.3) is 5.76 Å². The standard InChI is InChI=1S/C36H30FN3O6S2/c1-21-8-4-5-9-24(21)19-46-26-15-12-22(13-16-26)32(41)30-31(23-14-17-28(44-2)29(18-23)45-3)40(34(43)33(30)42)35-38-39-36(48-35)47-20-25-10-6-7-11-27(25)37/h4-18,31,41H,19-20H2,1-3H3/b32-30+. The number of ether oxygens (including phenoxy) is 3. The van der Waals surface area contributed by atoms with Gasteiger partial charge in [0.15, 0.2) is 15.8 Å². The molecule has 1 fully saturated rings. The van der Waals surface area contributed by atoms with Gasteiger partial charge in [-0.3, -0.25) is 14.5 Å². The lowest BCUT2D eigenvalue weighted by Crippen LogP contribution is -2.29. The first-order valence-electron chi connectivity index (χ1n) is 14.8. The van der Waals surface area contributed by atoms with Crippen molar-refractivity contribution in [2.75, 3.05) is 19.1 Å². The van der Waals surface area contributed by atoms with Crippen LogP contribution in [0.4, 0.5) is 9.52 Å². The fourth-order valence-corrected chi connectivity index (χ4v) is 7.13. The van der Waals surface area contributed by atoms with Crippen molar-refractivity contribution in [3.8, 4) is 17.2 Å². The highest BCUT2D eigenvalue weighted by Gasteiger charge is 2.48. The van der Waals surface area contributed by atoms with E-state index in [-0.39, 0.29) is 22.3 Å². The van der Waals surface area contributed by atoms with E-state index < -0.39 is 17.7 Å². The van der Waals surface area contributed by atoms with Gasteiger partial charge in [0.25, 0.3) is 5.78 Å². The smallest absolute Gasteiger partial charge is 0.301 e. The van der Waals surface area contributed by atoms with Crippen LogP contribution >= 0.6 is 23.1 Å². The van der Waals surface area contributed by atoms with E-state index in [1.807, 2.05) is 31.2 Å². The number of Topliss-reactive ketones (excluding diaryl/α,β-unsaturated/α-hetero) is 1. The van der Waals surface area contributed by atoms with Crippen molar-refractivity contribution >= 4 is 45.7 Å². The molecular weight excluding hydrogens is 654 g/mol. The Hall–Kier alpha value is -5.20. The van der Waals surface area contributed by atoms with Gasteiger partial charge in [0.05, 0.1) is 25.8 Å². The number of amides is 1. The Bertz CT molecular complexity index is 2010. The van der Waals surface area contributed by atoms with Gasteiger partial charge in [-0.1, -0.05) is 71.6 Å². The van der Waals surface area contributed by atoms with E-state index in [1.54, 1.807) is 60.7 Å². The van der Waals surface area contributed by atoms with Gasteiger partial charge in [0.2, 0.25) is 5.13 Å². The number of benzene rings is 4. The van der Waals surface area contributed by atoms with Gasteiger partial charge < -0.3 is 19.3 Å². The normalized spacial score (nSPS) is 15.5. The molecule has 244 valence electrons. The number of rotatable bonds is 11. The minimum Gasteiger partial charge on any atom is -0.507 e. The van der Waals surface area contributed by atoms with Crippen LogP contribution in [0.15, 0.2) is 101 Å². The first kappa shape index (κ1) is 32.7. The van der Waals surface area contributed by atoms with Crippen molar-refractivity contribution in [3.05, 3.63) is 130 Å². The third-order valence-electron chi connectivity index (χ3n) is 7.86. The van der Waals surface area contributed by atoms with Gasteiger partial charge >= 0.3 is 5.91 Å². The van der Waals surface area contributed by atoms with Crippen LogP contribution < -0.4 is 19.1 Å². The van der Waals surface area contributed by atoms with Crippen molar-refractivity contribution < 1.29 is 33.3 Å². The molecule has 48 heavy (non-hydrogen) atoms. The quantitative estimate of drug-likeness (QED) is 0.0498. The molecule has 0 bridgehead atoms. The second kappa shape index (κ2) is 14.3. The zero-order valence-corrected chi connectivity index (χ0v) is 27.8. The van der Waals surface area contributed by atoms with Crippen LogP contribution in [0.3, 0.4) is 0 Å². The SMILES string of the molecule is COc1ccc(C2/C(=C(\O)c3ccc(OCc4ccccc4C)cc3)C(=O)C(=O)N2c2nnc(SCc3ccccc3F)s2)cc1OC. The number of carbonyl (C=O) groups excluding carboxylic acids is 2. The number of aromatic nitrogens is 2. The molecule has 1 unspecified atom stereocenters. The number of aryl methyl sites for hydroxylation is 1. The van der Waals surface area contributed by atoms with Gasteiger partial charge in [-0.2, -0.15) is 0 Å². The number of thioether (sulfide) groups is 1. The molecule has 1 saturated heterocycles. The lowest BCUT2D eigenvalue weighted by molar-refractivity contribution is -0.132. The summed E-state index contributed by atoms with van der Waals surface area (Å²) in [5, 5.41) is 20.2. The minimum atomic E-state index is -1.07. The van der Waals surface area contributed by atoms with E-state index >= 15 is 0 Å². The summed E-state index contributed by atoms with van der Waals surface area (Å²) < 4.78 is 31.5. The van der Waals surface area contributed by atoms with Crippen molar-refractivity contribution in [2.45, 2.75) is 29.7 Å². The molecule has 4 aromatic carbocycles. The zero-order chi connectivity index (χ0) is 33.8. The summed E-state index contributed by atoms with van der Waals surface area (Å²) in [5.74, 6) is -0.778. The van der Waals surface area contributed by atoms with Crippen LogP contribution in [0.5, 0.6) is 17.2 Å². The third-order valence-corrected chi connectivity index (χ3v) is 9.97. The summed E-state index contributed by atoms with van der Waals surface area (Å²) in [4.78, 5) is 28.6. The lowest BCUT2D eigenvalue weighted by Gasteiger charge is -2.23. The molecule has 6 rings (SSSR count). The summed E-state index contributed by atoms with van der Waals surface area (Å²) in [7, 11) is 2.98. The number of aliphatic hydroxyl groups is 1. The van der Waals surface area contributed by atoms with Crippen LogP contribution in [-0.2, 0) is 21.9 Å². The molecular formula is C36H30FN3O6S2. The Morgan fingerprint density at radius 1 is 0.917 bits per heavy atom. The number of methoxy groups -OCH3 is 2. The van der Waals surface area contributed by atoms with Gasteiger partial charge in [0.1, 0.15) is 23.9 Å². The number of anilines is 1. The molecule has 0 aliphatic carbocycles. The second-order valence-electron chi connectivity index (χ2n) is 10.8. The number of hydrogen-bond donors (Lipinski definition) is 1. The Labute approximate surface area is 284 Å². The van der Waals surface area contributed by atoms with E-state index in [0.717, 1.165) is 22.5 Å². The van der Waals surface area contributed by atoms with Gasteiger partial charge in [-0.25, -0.2) is 4.39 Å². The summed E-state index contributed by atoms with van der Waals surface area (Å²) >= 11 is 2.35. The summed E-state index contributed by atoms with van der Waals surface area (Å²) in [6.07, 6.45) is 0. The molecule has 1 amide bonds. The number of hydrogen-bond acceptors (Lipinski definition) is 10. The second-order valence-corrected chi connectivity index (χ2v) is 12.9. The summed E-state index contributed by atoms with van der Waals surface area (Å²) in [5.41, 5.74) is 3.32. The van der Waals surface area contributed by atoms with Gasteiger partial charge in [0, 0.05) is 11.3 Å². The summed E-state index contributed by atoms with van der Waals surface area (Å²) in [6.45, 7) is 2.38. The Kier molecular flexibility index (Phi) is 9.74. The average molecular weight is 684 g/mol. The fourth-order valence-electron chi connectivity index (χ4n) is 5.28. The number of halogens is 1. The van der Waals surface area contributed by atoms with Crippen molar-refractivity contribution in [3.63, 3.8) is 0 Å². The fraction of sp³-hybridized carbons (Fsp3) is 0.167. The molecule has 2 heterocycles. The highest BCUT2D eigenvalue weighted by Crippen LogP contribution is 2.45. The Balaban J connectivity index is 1.34. The van der Waals surface area contributed by atoms with Crippen LogP contribution in [0.2, 0.25) is 0 Å². The molecule has 12 heteroatoms. The van der Waals surface area contributed by atoms with Gasteiger partial charge in [-0.05, 0) is 71.6 Å². The molecule has 0 radical (unpaired) electrons. The molecule has 1 aliphatic heterocycles. The van der Waals surface area contributed by atoms with Crippen LogP contribution in [-0.4, -0.2) is 41.2 Å². The van der Waals surface area contributed by atoms with Gasteiger partial charge in [-0.15, -0.1) is 10.2 Å². The van der Waals surface area contributed by atoms with Crippen molar-refractivity contribution in [1.82, 2.24) is 10.2 Å². The molecule has 1 aliphatic rings. The third kappa shape index (κ3) is 6.62. The largest absolute Gasteiger partial charge is 0.507 e. The zero-order valence-electron chi connectivity index (χ0n) is 26.2. The van der Waals surface area contributed by atoms with Crippen molar-refractivity contribution in [1.29, 1.82) is 0 Å². The summed E-state index contributed by atoms with van der Waals surface area (Å²) in [6, 6.07) is 24.9. The van der Waals surface area contributed by atoms with E-state index in [0.29, 0.717) is 50.6 Å². The maximum absolute atomic E-state index is 14.2. The molecule has 0 saturated carbocycles. The van der Waals surface area contributed by atoms with E-state index in [4.69, 9.17) is 14.2 Å². The number of nitrogens with zero attached hydrogens (tertiary/aromatic N) is 3. The highest BCUT2D eigenvalue weighted by atomic mass is 32.2. The topological polar surface area (TPSA) is 111 Å². The minimum absolute atomic E-state index is 0.128. The predicted molar refractivity (Wildman–Crippen MR) is 182 cm³/mol. The van der Waals surface area contributed by atoms with Crippen LogP contribution in [0, 0.1) is 12.7 Å². The molecule has 1 N–H and O–H groups in total. The van der Waals surface area contributed by atoms with E-state index in [2.05, 4.69) is 10.2 Å². The molecule has 1 atom stereocenters. The molecule has 9 nitrogen and oxygen atoms in total. The average Bonchev–Trinajstić information content (AvgIpc) is 3.68. The maximum atomic E-state index is 14.2. The molecule has 5 aromatic rings. The van der Waals surface area contributed by atoms with E-state index in [9.17, 15) is 19.1 Å². The molecule has 1 aromatic heterocycles. The Morgan fingerprint density at radius 2 is 1.62 bits per heavy atom. The lowest BCUT2D eigenvalue weighted by atomic mass is 9.95. The first-order chi connectivity index (χ1) is 23.3. The van der Waals surface area contributed by atoms with Crippen LogP contribution in [0.1, 0.15) is 33.9 Å².